The highest BCUT2D eigenvalue weighted by molar-refractivity contribution is 9.12. The summed E-state index contributed by atoms with van der Waals surface area (Å²) in [5, 5.41) is 0. The topological polar surface area (TPSA) is 18.5 Å². The molecule has 2 nitrogen and oxygen atoms in total. The van der Waals surface area contributed by atoms with Crippen LogP contribution in [0.3, 0.4) is 0 Å². The maximum atomic E-state index is 6.15. The molecule has 0 aromatic rings. The third kappa shape index (κ3) is 4.10. The quantitative estimate of drug-likeness (QED) is 0.486. The Kier molecular flexibility index (Phi) is 6.61. The largest absolute Gasteiger partial charge is 0.369 e. The Hall–Kier alpha value is 0.180. The minimum atomic E-state index is 0.214. The zero-order chi connectivity index (χ0) is 14.5. The second kappa shape index (κ2) is 7.98. The van der Waals surface area contributed by atoms with Crippen molar-refractivity contribution in [3.8, 4) is 11.8 Å². The Morgan fingerprint density at radius 2 is 1.90 bits per heavy atom. The minimum absolute atomic E-state index is 0.214. The molecule has 4 heteroatoms. The van der Waals surface area contributed by atoms with Crippen LogP contribution >= 0.6 is 31.9 Å². The lowest BCUT2D eigenvalue weighted by Crippen LogP contribution is -2.37. The summed E-state index contributed by atoms with van der Waals surface area (Å²) >= 11 is 7.45. The number of fused-ring (bicyclic) bond motifs is 2. The highest BCUT2D eigenvalue weighted by atomic mass is 79.9. The number of hydrogen-bond acceptors (Lipinski definition) is 2. The average molecular weight is 406 g/mol. The number of hydrogen-bond donors (Lipinski definition) is 0. The fourth-order valence-electron chi connectivity index (χ4n) is 2.83. The van der Waals surface area contributed by atoms with E-state index in [9.17, 15) is 0 Å². The molecule has 0 radical (unpaired) electrons. The van der Waals surface area contributed by atoms with Crippen molar-refractivity contribution < 1.29 is 9.47 Å². The highest BCUT2D eigenvalue weighted by Gasteiger charge is 2.48. The van der Waals surface area contributed by atoms with Crippen LogP contribution in [0.25, 0.3) is 0 Å². The van der Waals surface area contributed by atoms with Crippen LogP contribution in [0.1, 0.15) is 39.5 Å². The van der Waals surface area contributed by atoms with Crippen molar-refractivity contribution in [3.63, 3.8) is 0 Å². The second-order valence-electron chi connectivity index (χ2n) is 5.37. The van der Waals surface area contributed by atoms with E-state index in [1.54, 1.807) is 0 Å². The first kappa shape index (κ1) is 16.5. The second-order valence-corrected chi connectivity index (χ2v) is 7.72. The van der Waals surface area contributed by atoms with Gasteiger partial charge in [-0.25, -0.2) is 0 Å². The van der Waals surface area contributed by atoms with Crippen molar-refractivity contribution in [2.24, 2.45) is 0 Å². The molecule has 0 amide bonds. The molecule has 6 unspecified atom stereocenters. The zero-order valence-electron chi connectivity index (χ0n) is 12.0. The molecule has 2 rings (SSSR count). The lowest BCUT2D eigenvalue weighted by Gasteiger charge is -2.30. The molecule has 0 aromatic heterocycles. The van der Waals surface area contributed by atoms with Gasteiger partial charge in [-0.2, -0.15) is 0 Å². The number of halogens is 2. The predicted octanol–water partition coefficient (Wildman–Crippen LogP) is 4.21. The van der Waals surface area contributed by atoms with Crippen LogP contribution in [-0.4, -0.2) is 34.1 Å². The van der Waals surface area contributed by atoms with E-state index in [1.807, 2.05) is 13.0 Å². The van der Waals surface area contributed by atoms with E-state index < -0.39 is 0 Å². The molecule has 6 atom stereocenters. The summed E-state index contributed by atoms with van der Waals surface area (Å²) < 4.78 is 12.3. The first-order chi connectivity index (χ1) is 9.65. The standard InChI is InChI=1S/C16H22Br2O2/c1-3-5-6-7-8-13-15-10-16(19-13)14(20-15)9-12(18)11(17)4-2/h6-7,11-16H,4,8-10H2,1-2H3. The highest BCUT2D eigenvalue weighted by Crippen LogP contribution is 2.39. The van der Waals surface area contributed by atoms with Gasteiger partial charge >= 0.3 is 0 Å². The van der Waals surface area contributed by atoms with Gasteiger partial charge in [0.1, 0.15) is 0 Å². The van der Waals surface area contributed by atoms with Gasteiger partial charge in [0.15, 0.2) is 0 Å². The van der Waals surface area contributed by atoms with Crippen LogP contribution in [0, 0.1) is 11.8 Å². The summed E-state index contributed by atoms with van der Waals surface area (Å²) in [5.41, 5.74) is 0. The Morgan fingerprint density at radius 1 is 1.20 bits per heavy atom. The first-order valence-corrected chi connectivity index (χ1v) is 9.15. The number of alkyl halides is 2. The molecular weight excluding hydrogens is 384 g/mol. The third-order valence-corrected chi connectivity index (χ3v) is 6.95. The Bertz CT molecular complexity index is 399. The van der Waals surface area contributed by atoms with Crippen LogP contribution in [0.2, 0.25) is 0 Å². The van der Waals surface area contributed by atoms with Crippen molar-refractivity contribution >= 4 is 31.9 Å². The van der Waals surface area contributed by atoms with Crippen LogP contribution in [0.15, 0.2) is 12.2 Å². The molecule has 2 heterocycles. The summed E-state index contributed by atoms with van der Waals surface area (Å²) in [6.45, 7) is 4.03. The fraction of sp³-hybridized carbons (Fsp3) is 0.750. The van der Waals surface area contributed by atoms with E-state index in [2.05, 4.69) is 56.7 Å². The molecule has 0 N–H and O–H groups in total. The molecule has 2 bridgehead atoms. The molecule has 2 aliphatic heterocycles. The molecule has 2 fully saturated rings. The van der Waals surface area contributed by atoms with E-state index in [4.69, 9.17) is 9.47 Å². The van der Waals surface area contributed by atoms with Gasteiger partial charge < -0.3 is 9.47 Å². The number of allylic oxidation sites excluding steroid dienone is 1. The Morgan fingerprint density at radius 3 is 2.50 bits per heavy atom. The van der Waals surface area contributed by atoms with E-state index >= 15 is 0 Å². The molecule has 0 aliphatic carbocycles. The zero-order valence-corrected chi connectivity index (χ0v) is 15.2. The van der Waals surface area contributed by atoms with Gasteiger partial charge in [-0.15, -0.1) is 5.92 Å². The van der Waals surface area contributed by atoms with Gasteiger partial charge in [0.25, 0.3) is 0 Å². The van der Waals surface area contributed by atoms with Gasteiger partial charge in [0, 0.05) is 16.1 Å². The predicted molar refractivity (Wildman–Crippen MR) is 89.5 cm³/mol. The SMILES string of the molecule is CC#CC=CCC1OC2CC1OC2CC(Br)C(Br)CC. The minimum Gasteiger partial charge on any atom is -0.369 e. The summed E-state index contributed by atoms with van der Waals surface area (Å²) in [6, 6.07) is 0. The summed E-state index contributed by atoms with van der Waals surface area (Å²) in [4.78, 5) is 0.940. The van der Waals surface area contributed by atoms with Crippen molar-refractivity contribution in [1.29, 1.82) is 0 Å². The molecule has 2 aliphatic rings. The monoisotopic (exact) mass is 404 g/mol. The molecule has 0 aromatic carbocycles. The average Bonchev–Trinajstić information content (AvgIpc) is 3.02. The smallest absolute Gasteiger partial charge is 0.0877 e. The van der Waals surface area contributed by atoms with Crippen LogP contribution < -0.4 is 0 Å². The molecule has 0 saturated carbocycles. The van der Waals surface area contributed by atoms with Crippen LogP contribution in [-0.2, 0) is 9.47 Å². The van der Waals surface area contributed by atoms with E-state index in [-0.39, 0.29) is 24.4 Å². The molecule has 112 valence electrons. The lowest BCUT2D eigenvalue weighted by atomic mass is 10.1. The van der Waals surface area contributed by atoms with Crippen molar-refractivity contribution in [1.82, 2.24) is 0 Å². The van der Waals surface area contributed by atoms with E-state index in [0.29, 0.717) is 9.65 Å². The first-order valence-electron chi connectivity index (χ1n) is 7.32. The summed E-state index contributed by atoms with van der Waals surface area (Å²) in [5.74, 6) is 5.78. The van der Waals surface area contributed by atoms with Gasteiger partial charge in [-0.05, 0) is 32.3 Å². The Labute approximate surface area is 138 Å². The third-order valence-electron chi connectivity index (χ3n) is 3.95. The van der Waals surface area contributed by atoms with Crippen molar-refractivity contribution in [3.05, 3.63) is 12.2 Å². The Balaban J connectivity index is 1.78. The maximum absolute atomic E-state index is 6.15. The molecule has 20 heavy (non-hydrogen) atoms. The fourth-order valence-corrected chi connectivity index (χ4v) is 3.79. The van der Waals surface area contributed by atoms with Gasteiger partial charge in [-0.1, -0.05) is 50.8 Å². The molecule has 2 saturated heterocycles. The van der Waals surface area contributed by atoms with Gasteiger partial charge in [-0.3, -0.25) is 0 Å². The van der Waals surface area contributed by atoms with Crippen LogP contribution in [0.4, 0.5) is 0 Å². The number of rotatable bonds is 6. The summed E-state index contributed by atoms with van der Waals surface area (Å²) in [7, 11) is 0. The maximum Gasteiger partial charge on any atom is 0.0877 e. The summed E-state index contributed by atoms with van der Waals surface area (Å²) in [6.07, 6.45) is 9.04. The number of ether oxygens (including phenoxy) is 2. The molecule has 0 spiro atoms. The van der Waals surface area contributed by atoms with Crippen molar-refractivity contribution in [2.75, 3.05) is 0 Å². The normalized spacial score (nSPS) is 35.0. The van der Waals surface area contributed by atoms with E-state index in [1.165, 1.54) is 0 Å². The van der Waals surface area contributed by atoms with Gasteiger partial charge in [0.2, 0.25) is 0 Å². The van der Waals surface area contributed by atoms with E-state index in [0.717, 1.165) is 25.7 Å². The van der Waals surface area contributed by atoms with Crippen molar-refractivity contribution in [2.45, 2.75) is 73.6 Å². The van der Waals surface area contributed by atoms with Gasteiger partial charge in [0.05, 0.1) is 24.4 Å². The molecular formula is C16H22Br2O2. The lowest BCUT2D eigenvalue weighted by molar-refractivity contribution is -0.137. The van der Waals surface area contributed by atoms with Crippen LogP contribution in [0.5, 0.6) is 0 Å².